The van der Waals surface area contributed by atoms with Crippen molar-refractivity contribution < 1.29 is 9.53 Å². The Labute approximate surface area is 87.8 Å². The average molecular weight is 214 g/mol. The minimum atomic E-state index is -0.359. The van der Waals surface area contributed by atoms with E-state index in [2.05, 4.69) is 21.3 Å². The molecule has 5 heteroatoms. The molecule has 1 aromatic heterocycles. The molecule has 1 rings (SSSR count). The fourth-order valence-electron chi connectivity index (χ4n) is 0.564. The lowest BCUT2D eigenvalue weighted by atomic mass is 10.6. The van der Waals surface area contributed by atoms with Crippen LogP contribution in [0.1, 0.15) is 6.92 Å². The van der Waals surface area contributed by atoms with E-state index in [0.717, 1.165) is 11.2 Å². The monoisotopic (exact) mass is 214 g/mol. The fraction of sp³-hybridized carbons (Fsp3) is 0.333. The minimum absolute atomic E-state index is 0.359. The number of aromatic amines is 1. The van der Waals surface area contributed by atoms with E-state index >= 15 is 0 Å². The number of ether oxygens (including phenoxy) is 1. The maximum absolute atomic E-state index is 10.1. The molecule has 0 unspecified atom stereocenters. The van der Waals surface area contributed by atoms with Crippen LogP contribution in [0.2, 0.25) is 0 Å². The number of thioether (sulfide) groups is 1. The van der Waals surface area contributed by atoms with Crippen LogP contribution in [0, 0.1) is 0 Å². The van der Waals surface area contributed by atoms with Gasteiger partial charge in [0.05, 0.1) is 6.61 Å². The van der Waals surface area contributed by atoms with Crippen LogP contribution < -0.4 is 0 Å². The average Bonchev–Trinajstić information content (AvgIpc) is 2.71. The lowest BCUT2D eigenvalue weighted by Crippen LogP contribution is -1.97. The third kappa shape index (κ3) is 6.30. The number of nitrogens with zero attached hydrogens (tertiary/aromatic N) is 1. The standard InChI is InChI=1S/C5H8O2.C4H6N2S/c1-3-5(6)7-4-2;1-7-4-5-2-3-6-4/h3H,1,4H2,2H3;2-3H,1H3,(H,5,6). The van der Waals surface area contributed by atoms with Gasteiger partial charge >= 0.3 is 5.97 Å². The van der Waals surface area contributed by atoms with E-state index in [9.17, 15) is 4.79 Å². The number of rotatable bonds is 3. The van der Waals surface area contributed by atoms with E-state index in [1.54, 1.807) is 24.9 Å². The predicted octanol–water partition coefficient (Wildman–Crippen LogP) is 1.87. The molecule has 0 spiro atoms. The number of carbonyl (C=O) groups is 1. The Morgan fingerprint density at radius 1 is 1.86 bits per heavy atom. The SMILES string of the molecule is C=CC(=O)OCC.CSc1ncc[nH]1. The number of aromatic nitrogens is 2. The normalized spacial score (nSPS) is 8.43. The van der Waals surface area contributed by atoms with Crippen LogP contribution in [0.5, 0.6) is 0 Å². The van der Waals surface area contributed by atoms with Crippen LogP contribution in [0.3, 0.4) is 0 Å². The molecule has 14 heavy (non-hydrogen) atoms. The number of hydrogen-bond donors (Lipinski definition) is 1. The molecule has 0 radical (unpaired) electrons. The molecule has 1 heterocycles. The molecule has 1 aromatic rings. The van der Waals surface area contributed by atoms with Crippen molar-refractivity contribution in [1.29, 1.82) is 0 Å². The van der Waals surface area contributed by atoms with Crippen molar-refractivity contribution in [3.8, 4) is 0 Å². The summed E-state index contributed by atoms with van der Waals surface area (Å²) in [5.74, 6) is -0.359. The molecule has 0 bridgehead atoms. The van der Waals surface area contributed by atoms with E-state index in [4.69, 9.17) is 0 Å². The van der Waals surface area contributed by atoms with Crippen LogP contribution in [0.25, 0.3) is 0 Å². The number of hydrogen-bond acceptors (Lipinski definition) is 4. The molecule has 0 amide bonds. The van der Waals surface area contributed by atoms with E-state index in [1.807, 2.05) is 12.5 Å². The largest absolute Gasteiger partial charge is 0.463 e. The number of H-pyrrole nitrogens is 1. The first-order valence-electron chi connectivity index (χ1n) is 4.07. The van der Waals surface area contributed by atoms with E-state index in [-0.39, 0.29) is 5.97 Å². The number of carbonyl (C=O) groups excluding carboxylic acids is 1. The summed E-state index contributed by atoms with van der Waals surface area (Å²) in [5.41, 5.74) is 0. The maximum Gasteiger partial charge on any atom is 0.330 e. The van der Waals surface area contributed by atoms with Gasteiger partial charge in [-0.15, -0.1) is 0 Å². The predicted molar refractivity (Wildman–Crippen MR) is 57.2 cm³/mol. The van der Waals surface area contributed by atoms with E-state index in [1.165, 1.54) is 0 Å². The summed E-state index contributed by atoms with van der Waals surface area (Å²) in [6.07, 6.45) is 6.68. The zero-order valence-corrected chi connectivity index (χ0v) is 9.13. The molecular weight excluding hydrogens is 200 g/mol. The highest BCUT2D eigenvalue weighted by molar-refractivity contribution is 7.98. The molecular formula is C9H14N2O2S. The number of imidazole rings is 1. The molecule has 0 atom stereocenters. The molecule has 0 aliphatic rings. The van der Waals surface area contributed by atoms with Crippen molar-refractivity contribution in [3.05, 3.63) is 25.0 Å². The van der Waals surface area contributed by atoms with Crippen LogP contribution in [-0.4, -0.2) is 28.8 Å². The molecule has 0 aliphatic heterocycles. The van der Waals surface area contributed by atoms with Crippen LogP contribution >= 0.6 is 11.8 Å². The first-order valence-corrected chi connectivity index (χ1v) is 5.29. The van der Waals surface area contributed by atoms with Gasteiger partial charge in [0.15, 0.2) is 5.16 Å². The summed E-state index contributed by atoms with van der Waals surface area (Å²) in [4.78, 5) is 17.0. The van der Waals surface area contributed by atoms with Gasteiger partial charge in [-0.25, -0.2) is 9.78 Å². The van der Waals surface area contributed by atoms with Crippen LogP contribution in [-0.2, 0) is 9.53 Å². The first kappa shape index (κ1) is 12.8. The summed E-state index contributed by atoms with van der Waals surface area (Å²) >= 11 is 1.61. The van der Waals surface area contributed by atoms with Gasteiger partial charge < -0.3 is 9.72 Å². The van der Waals surface area contributed by atoms with Crippen molar-refractivity contribution in [2.75, 3.05) is 12.9 Å². The lowest BCUT2D eigenvalue weighted by molar-refractivity contribution is -0.137. The van der Waals surface area contributed by atoms with Gasteiger partial charge in [0, 0.05) is 18.5 Å². The zero-order valence-electron chi connectivity index (χ0n) is 8.32. The van der Waals surface area contributed by atoms with Crippen molar-refractivity contribution in [1.82, 2.24) is 9.97 Å². The maximum atomic E-state index is 10.1. The molecule has 0 aliphatic carbocycles. The van der Waals surface area contributed by atoms with E-state index < -0.39 is 0 Å². The summed E-state index contributed by atoms with van der Waals surface area (Å²) in [5, 5.41) is 0.972. The van der Waals surface area contributed by atoms with Gasteiger partial charge in [0.25, 0.3) is 0 Å². The van der Waals surface area contributed by atoms with Crippen molar-refractivity contribution in [3.63, 3.8) is 0 Å². The summed E-state index contributed by atoms with van der Waals surface area (Å²) < 4.78 is 4.43. The van der Waals surface area contributed by atoms with Gasteiger partial charge in [-0.2, -0.15) is 0 Å². The van der Waals surface area contributed by atoms with Crippen molar-refractivity contribution >= 4 is 17.7 Å². The molecule has 4 nitrogen and oxygen atoms in total. The van der Waals surface area contributed by atoms with E-state index in [0.29, 0.717) is 6.61 Å². The molecule has 0 saturated carbocycles. The summed E-state index contributed by atoms with van der Waals surface area (Å²) in [6, 6.07) is 0. The highest BCUT2D eigenvalue weighted by Gasteiger charge is 1.86. The quantitative estimate of drug-likeness (QED) is 0.474. The topological polar surface area (TPSA) is 55.0 Å². The Morgan fingerprint density at radius 2 is 2.57 bits per heavy atom. The fourth-order valence-corrected chi connectivity index (χ4v) is 0.916. The zero-order chi connectivity index (χ0) is 10.8. The number of nitrogens with one attached hydrogen (secondary N) is 1. The Morgan fingerprint density at radius 3 is 2.79 bits per heavy atom. The second-order valence-corrected chi connectivity index (χ2v) is 2.85. The van der Waals surface area contributed by atoms with Crippen LogP contribution in [0.15, 0.2) is 30.2 Å². The Balaban J connectivity index is 0.000000241. The summed E-state index contributed by atoms with van der Waals surface area (Å²) in [6.45, 7) is 5.38. The molecule has 0 aromatic carbocycles. The van der Waals surface area contributed by atoms with Crippen molar-refractivity contribution in [2.24, 2.45) is 0 Å². The second-order valence-electron chi connectivity index (χ2n) is 2.05. The number of esters is 1. The van der Waals surface area contributed by atoms with Gasteiger partial charge in [-0.3, -0.25) is 0 Å². The van der Waals surface area contributed by atoms with Gasteiger partial charge in [-0.05, 0) is 13.2 Å². The van der Waals surface area contributed by atoms with Gasteiger partial charge in [-0.1, -0.05) is 18.3 Å². The van der Waals surface area contributed by atoms with Gasteiger partial charge in [0.2, 0.25) is 0 Å². The smallest absolute Gasteiger partial charge is 0.330 e. The highest BCUT2D eigenvalue weighted by atomic mass is 32.2. The molecule has 0 fully saturated rings. The molecule has 1 N–H and O–H groups in total. The molecule has 0 saturated heterocycles. The van der Waals surface area contributed by atoms with Gasteiger partial charge in [0.1, 0.15) is 0 Å². The second kappa shape index (κ2) is 8.37. The summed E-state index contributed by atoms with van der Waals surface area (Å²) in [7, 11) is 0. The minimum Gasteiger partial charge on any atom is -0.463 e. The van der Waals surface area contributed by atoms with Crippen molar-refractivity contribution in [2.45, 2.75) is 12.1 Å². The first-order chi connectivity index (χ1) is 6.74. The Bertz CT molecular complexity index is 260. The third-order valence-electron chi connectivity index (χ3n) is 1.12. The lowest BCUT2D eigenvalue weighted by Gasteiger charge is -1.90. The molecule has 78 valence electrons. The highest BCUT2D eigenvalue weighted by Crippen LogP contribution is 2.03. The van der Waals surface area contributed by atoms with Crippen LogP contribution in [0.4, 0.5) is 0 Å². The Hall–Kier alpha value is -1.23. The Kier molecular flexibility index (Phi) is 7.64. The third-order valence-corrected chi connectivity index (χ3v) is 1.73.